The Morgan fingerprint density at radius 1 is 1.27 bits per heavy atom. The Bertz CT molecular complexity index is 523. The van der Waals surface area contributed by atoms with Gasteiger partial charge in [0.1, 0.15) is 11.6 Å². The lowest BCUT2D eigenvalue weighted by Gasteiger charge is -2.20. The van der Waals surface area contributed by atoms with Gasteiger partial charge in [-0.05, 0) is 30.7 Å². The molecule has 1 aliphatic carbocycles. The van der Waals surface area contributed by atoms with Crippen LogP contribution in [-0.4, -0.2) is 28.8 Å². The topological polar surface area (TPSA) is 75.6 Å². The molecular weight excluding hydrogens is 282 g/mol. The first-order valence-electron chi connectivity index (χ1n) is 7.66. The number of carbonyl (C=O) groups excluding carboxylic acids is 1. The summed E-state index contributed by atoms with van der Waals surface area (Å²) < 4.78 is 5.50. The van der Waals surface area contributed by atoms with Crippen LogP contribution in [0, 0.1) is 5.92 Å². The smallest absolute Gasteiger partial charge is 0.408 e. The van der Waals surface area contributed by atoms with E-state index in [2.05, 4.69) is 5.32 Å². The number of nitrogens with one attached hydrogen (secondary N) is 1. The summed E-state index contributed by atoms with van der Waals surface area (Å²) in [7, 11) is 0. The van der Waals surface area contributed by atoms with Gasteiger partial charge in [-0.15, -0.1) is 0 Å². The zero-order chi connectivity index (χ0) is 16.2. The van der Waals surface area contributed by atoms with Crippen LogP contribution in [0.1, 0.15) is 38.7 Å². The average molecular weight is 305 g/mol. The molecule has 0 spiro atoms. The highest BCUT2D eigenvalue weighted by Gasteiger charge is 2.47. The molecule has 0 radical (unpaired) electrons. The van der Waals surface area contributed by atoms with Gasteiger partial charge in [0.05, 0.1) is 0 Å². The molecule has 1 aromatic rings. The summed E-state index contributed by atoms with van der Waals surface area (Å²) in [5, 5.41) is 11.6. The lowest BCUT2D eigenvalue weighted by Crippen LogP contribution is -2.43. The summed E-state index contributed by atoms with van der Waals surface area (Å²) in [4.78, 5) is 23.2. The number of carbonyl (C=O) groups is 2. The number of aliphatic carboxylic acids is 1. The van der Waals surface area contributed by atoms with E-state index in [1.807, 2.05) is 44.2 Å². The van der Waals surface area contributed by atoms with Crippen LogP contribution < -0.4 is 5.32 Å². The first kappa shape index (κ1) is 16.3. The fourth-order valence-corrected chi connectivity index (χ4v) is 2.48. The van der Waals surface area contributed by atoms with Gasteiger partial charge in [0.25, 0.3) is 0 Å². The third-order valence-corrected chi connectivity index (χ3v) is 3.78. The molecule has 2 N–H and O–H groups in total. The maximum atomic E-state index is 12.0. The molecular formula is C17H23NO4. The number of amides is 1. The third kappa shape index (κ3) is 4.76. The van der Waals surface area contributed by atoms with E-state index in [4.69, 9.17) is 9.84 Å². The van der Waals surface area contributed by atoms with Gasteiger partial charge in [0, 0.05) is 6.42 Å². The van der Waals surface area contributed by atoms with Crippen molar-refractivity contribution < 1.29 is 19.4 Å². The normalized spacial score (nSPS) is 16.9. The predicted molar refractivity (Wildman–Crippen MR) is 82.6 cm³/mol. The predicted octanol–water partition coefficient (Wildman–Crippen LogP) is 2.99. The lowest BCUT2D eigenvalue weighted by atomic mass is 10.0. The fourth-order valence-electron chi connectivity index (χ4n) is 2.48. The summed E-state index contributed by atoms with van der Waals surface area (Å²) >= 11 is 0. The highest BCUT2D eigenvalue weighted by Crippen LogP contribution is 2.42. The van der Waals surface area contributed by atoms with Crippen LogP contribution in [0.5, 0.6) is 0 Å². The SMILES string of the molecule is CC(C)CC(NC(=O)OC1(Cc2ccccc2)CC1)C(=O)O. The molecule has 1 fully saturated rings. The Labute approximate surface area is 130 Å². The van der Waals surface area contributed by atoms with Crippen LogP contribution in [0.2, 0.25) is 0 Å². The zero-order valence-corrected chi connectivity index (χ0v) is 13.0. The van der Waals surface area contributed by atoms with Gasteiger partial charge in [0.15, 0.2) is 0 Å². The Balaban J connectivity index is 1.89. The number of carboxylic acid groups (broad SMARTS) is 1. The molecule has 1 amide bonds. The quantitative estimate of drug-likeness (QED) is 0.812. The number of ether oxygens (including phenoxy) is 1. The summed E-state index contributed by atoms with van der Waals surface area (Å²) in [5.74, 6) is -0.848. The second-order valence-electron chi connectivity index (χ2n) is 6.40. The van der Waals surface area contributed by atoms with Crippen molar-refractivity contribution in [3.63, 3.8) is 0 Å². The summed E-state index contributed by atoms with van der Waals surface area (Å²) in [6.07, 6.45) is 2.05. The van der Waals surface area contributed by atoms with E-state index >= 15 is 0 Å². The Hall–Kier alpha value is -2.04. The molecule has 0 aromatic heterocycles. The highest BCUT2D eigenvalue weighted by atomic mass is 16.6. The monoisotopic (exact) mass is 305 g/mol. The largest absolute Gasteiger partial charge is 0.480 e. The van der Waals surface area contributed by atoms with Crippen LogP contribution in [0.25, 0.3) is 0 Å². The highest BCUT2D eigenvalue weighted by molar-refractivity contribution is 5.80. The van der Waals surface area contributed by atoms with E-state index in [1.54, 1.807) is 0 Å². The van der Waals surface area contributed by atoms with Crippen LogP contribution in [0.3, 0.4) is 0 Å². The Morgan fingerprint density at radius 3 is 2.41 bits per heavy atom. The molecule has 0 bridgehead atoms. The first-order valence-corrected chi connectivity index (χ1v) is 7.66. The summed E-state index contributed by atoms with van der Waals surface area (Å²) in [6, 6.07) is 8.95. The van der Waals surface area contributed by atoms with E-state index in [1.165, 1.54) is 0 Å². The number of hydrogen-bond acceptors (Lipinski definition) is 3. The number of carboxylic acids is 1. The van der Waals surface area contributed by atoms with Crippen LogP contribution in [0.15, 0.2) is 30.3 Å². The number of alkyl carbamates (subject to hydrolysis) is 1. The maximum absolute atomic E-state index is 12.0. The molecule has 22 heavy (non-hydrogen) atoms. The Kier molecular flexibility index (Phi) is 5.06. The Morgan fingerprint density at radius 2 is 1.91 bits per heavy atom. The van der Waals surface area contributed by atoms with Crippen molar-refractivity contribution in [1.29, 1.82) is 0 Å². The molecule has 0 heterocycles. The molecule has 1 unspecified atom stereocenters. The molecule has 1 aromatic carbocycles. The zero-order valence-electron chi connectivity index (χ0n) is 13.0. The van der Waals surface area contributed by atoms with Crippen LogP contribution >= 0.6 is 0 Å². The van der Waals surface area contributed by atoms with E-state index in [-0.39, 0.29) is 5.92 Å². The van der Waals surface area contributed by atoms with Gasteiger partial charge < -0.3 is 15.2 Å². The van der Waals surface area contributed by atoms with Crippen molar-refractivity contribution in [2.75, 3.05) is 0 Å². The van der Waals surface area contributed by atoms with Gasteiger partial charge in [0.2, 0.25) is 0 Å². The van der Waals surface area contributed by atoms with E-state index < -0.39 is 23.7 Å². The number of benzene rings is 1. The van der Waals surface area contributed by atoms with Gasteiger partial charge in [-0.3, -0.25) is 0 Å². The van der Waals surface area contributed by atoms with Crippen molar-refractivity contribution in [3.05, 3.63) is 35.9 Å². The molecule has 1 atom stereocenters. The minimum Gasteiger partial charge on any atom is -0.480 e. The van der Waals surface area contributed by atoms with E-state index in [0.29, 0.717) is 12.8 Å². The maximum Gasteiger partial charge on any atom is 0.408 e. The standard InChI is InChI=1S/C17H23NO4/c1-12(2)10-14(15(19)20)18-16(21)22-17(8-9-17)11-13-6-4-3-5-7-13/h3-7,12,14H,8-11H2,1-2H3,(H,18,21)(H,19,20). The lowest BCUT2D eigenvalue weighted by molar-refractivity contribution is -0.139. The molecule has 5 heteroatoms. The summed E-state index contributed by atoms with van der Waals surface area (Å²) in [5.41, 5.74) is 0.650. The minimum atomic E-state index is -1.03. The fraction of sp³-hybridized carbons (Fsp3) is 0.529. The van der Waals surface area contributed by atoms with Crippen molar-refractivity contribution in [2.24, 2.45) is 5.92 Å². The van der Waals surface area contributed by atoms with Crippen molar-refractivity contribution in [3.8, 4) is 0 Å². The second-order valence-corrected chi connectivity index (χ2v) is 6.40. The number of rotatable bonds is 7. The van der Waals surface area contributed by atoms with Crippen molar-refractivity contribution >= 4 is 12.1 Å². The molecule has 0 saturated heterocycles. The van der Waals surface area contributed by atoms with Crippen molar-refractivity contribution in [1.82, 2.24) is 5.32 Å². The van der Waals surface area contributed by atoms with E-state index in [9.17, 15) is 9.59 Å². The van der Waals surface area contributed by atoms with Gasteiger partial charge in [-0.25, -0.2) is 9.59 Å². The molecule has 2 rings (SSSR count). The third-order valence-electron chi connectivity index (χ3n) is 3.78. The molecule has 5 nitrogen and oxygen atoms in total. The molecule has 1 saturated carbocycles. The van der Waals surface area contributed by atoms with Gasteiger partial charge in [-0.2, -0.15) is 0 Å². The number of hydrogen-bond donors (Lipinski definition) is 2. The van der Waals surface area contributed by atoms with Gasteiger partial charge >= 0.3 is 12.1 Å². The first-order chi connectivity index (χ1) is 10.4. The van der Waals surface area contributed by atoms with Gasteiger partial charge in [-0.1, -0.05) is 44.2 Å². The molecule has 1 aliphatic rings. The van der Waals surface area contributed by atoms with Crippen molar-refractivity contribution in [2.45, 2.75) is 51.2 Å². The van der Waals surface area contributed by atoms with E-state index in [0.717, 1.165) is 18.4 Å². The van der Waals surface area contributed by atoms with Crippen LogP contribution in [0.4, 0.5) is 4.79 Å². The van der Waals surface area contributed by atoms with Crippen LogP contribution in [-0.2, 0) is 16.0 Å². The minimum absolute atomic E-state index is 0.181. The average Bonchev–Trinajstić information content (AvgIpc) is 3.17. The summed E-state index contributed by atoms with van der Waals surface area (Å²) in [6.45, 7) is 3.83. The molecule has 120 valence electrons. The molecule has 0 aliphatic heterocycles. The second kappa shape index (κ2) is 6.81.